The summed E-state index contributed by atoms with van der Waals surface area (Å²) in [4.78, 5) is 32.5. The van der Waals surface area contributed by atoms with Crippen LogP contribution in [-0.4, -0.2) is 40.4 Å². The van der Waals surface area contributed by atoms with Gasteiger partial charge in [0.05, 0.1) is 18.2 Å². The van der Waals surface area contributed by atoms with E-state index in [4.69, 9.17) is 10.5 Å². The van der Waals surface area contributed by atoms with Crippen LogP contribution in [0.1, 0.15) is 26.0 Å². The number of hydrogen-bond donors (Lipinski definition) is 3. The number of esters is 1. The molecule has 4 N–H and O–H groups in total. The van der Waals surface area contributed by atoms with E-state index < -0.39 is 5.97 Å². The third-order valence-corrected chi connectivity index (χ3v) is 4.22. The van der Waals surface area contributed by atoms with Crippen LogP contribution in [0.2, 0.25) is 0 Å². The highest BCUT2D eigenvalue weighted by atomic mass is 32.2. The molecule has 0 aromatic carbocycles. The van der Waals surface area contributed by atoms with Crippen LogP contribution in [0.15, 0.2) is 22.5 Å². The Bertz CT molecular complexity index is 657. The summed E-state index contributed by atoms with van der Waals surface area (Å²) in [7, 11) is 0. The Morgan fingerprint density at radius 3 is 2.79 bits per heavy atom. The molecule has 0 saturated heterocycles. The summed E-state index contributed by atoms with van der Waals surface area (Å²) in [5.74, 6) is 0.281. The quantitative estimate of drug-likeness (QED) is 0.402. The van der Waals surface area contributed by atoms with Gasteiger partial charge in [0.15, 0.2) is 5.16 Å². The van der Waals surface area contributed by atoms with Crippen LogP contribution < -0.4 is 16.4 Å². The molecule has 24 heavy (non-hydrogen) atoms. The Kier molecular flexibility index (Phi) is 6.02. The minimum Gasteiger partial charge on any atom is -0.463 e. The van der Waals surface area contributed by atoms with Gasteiger partial charge in [-0.1, -0.05) is 18.7 Å². The zero-order valence-corrected chi connectivity index (χ0v) is 14.7. The van der Waals surface area contributed by atoms with E-state index in [2.05, 4.69) is 20.6 Å². The van der Waals surface area contributed by atoms with Gasteiger partial charge in [0.2, 0.25) is 0 Å². The van der Waals surface area contributed by atoms with E-state index in [0.717, 1.165) is 5.69 Å². The van der Waals surface area contributed by atoms with Crippen molar-refractivity contribution in [2.45, 2.75) is 38.4 Å². The molecule has 0 radical (unpaired) electrons. The molecule has 2 amide bonds. The predicted octanol–water partition coefficient (Wildman–Crippen LogP) is 1.37. The van der Waals surface area contributed by atoms with Crippen molar-refractivity contribution in [3.63, 3.8) is 0 Å². The minimum absolute atomic E-state index is 0.269. The van der Waals surface area contributed by atoms with Crippen molar-refractivity contribution >= 4 is 29.6 Å². The SMILES string of the molecule is CCOC(=O)C1=C(CSc2nc(C)cc(N)n2)NC(=O)N[C@H]1CC. The summed E-state index contributed by atoms with van der Waals surface area (Å²) in [6.45, 7) is 5.73. The van der Waals surface area contributed by atoms with E-state index in [1.807, 2.05) is 13.8 Å². The Labute approximate surface area is 144 Å². The van der Waals surface area contributed by atoms with Crippen LogP contribution in [0.3, 0.4) is 0 Å². The number of nitrogens with two attached hydrogens (primary N) is 1. The third-order valence-electron chi connectivity index (χ3n) is 3.35. The summed E-state index contributed by atoms with van der Waals surface area (Å²) in [5.41, 5.74) is 7.42. The number of carbonyl (C=O) groups is 2. The first-order valence-electron chi connectivity index (χ1n) is 7.66. The van der Waals surface area contributed by atoms with Crippen molar-refractivity contribution in [2.24, 2.45) is 0 Å². The molecule has 130 valence electrons. The molecule has 1 aromatic heterocycles. The molecule has 0 unspecified atom stereocenters. The smallest absolute Gasteiger partial charge is 0.337 e. The van der Waals surface area contributed by atoms with Crippen LogP contribution in [0.25, 0.3) is 0 Å². The first-order chi connectivity index (χ1) is 11.4. The van der Waals surface area contributed by atoms with Gasteiger partial charge in [-0.2, -0.15) is 0 Å². The monoisotopic (exact) mass is 351 g/mol. The van der Waals surface area contributed by atoms with Crippen molar-refractivity contribution in [2.75, 3.05) is 18.1 Å². The molecule has 1 aliphatic rings. The van der Waals surface area contributed by atoms with E-state index >= 15 is 0 Å². The van der Waals surface area contributed by atoms with Crippen molar-refractivity contribution in [3.8, 4) is 0 Å². The number of nitrogens with one attached hydrogen (secondary N) is 2. The van der Waals surface area contributed by atoms with Crippen molar-refractivity contribution in [1.82, 2.24) is 20.6 Å². The number of anilines is 1. The van der Waals surface area contributed by atoms with Crippen LogP contribution >= 0.6 is 11.8 Å². The molecule has 0 saturated carbocycles. The molecule has 0 aliphatic carbocycles. The van der Waals surface area contributed by atoms with E-state index in [1.54, 1.807) is 13.0 Å². The topological polar surface area (TPSA) is 119 Å². The number of urea groups is 1. The first-order valence-corrected chi connectivity index (χ1v) is 8.64. The Morgan fingerprint density at radius 2 is 2.17 bits per heavy atom. The molecule has 2 rings (SSSR count). The number of hydrogen-bond acceptors (Lipinski definition) is 7. The van der Waals surface area contributed by atoms with Gasteiger partial charge in [0.25, 0.3) is 0 Å². The number of carbonyl (C=O) groups excluding carboxylic acids is 2. The fourth-order valence-corrected chi connectivity index (χ4v) is 3.22. The summed E-state index contributed by atoms with van der Waals surface area (Å²) >= 11 is 1.30. The Balaban J connectivity index is 2.26. The number of nitrogens with zero attached hydrogens (tertiary/aromatic N) is 2. The molecule has 0 spiro atoms. The predicted molar refractivity (Wildman–Crippen MR) is 91.3 cm³/mol. The molecule has 0 fully saturated rings. The summed E-state index contributed by atoms with van der Waals surface area (Å²) in [6, 6.07) is 0.958. The van der Waals surface area contributed by atoms with Crippen LogP contribution in [0, 0.1) is 6.92 Å². The first kappa shape index (κ1) is 18.1. The van der Waals surface area contributed by atoms with Gasteiger partial charge in [-0.3, -0.25) is 0 Å². The minimum atomic E-state index is -0.433. The van der Waals surface area contributed by atoms with Crippen molar-refractivity contribution < 1.29 is 14.3 Å². The zero-order valence-electron chi connectivity index (χ0n) is 13.9. The number of aryl methyl sites for hydroxylation is 1. The van der Waals surface area contributed by atoms with E-state index in [0.29, 0.717) is 34.4 Å². The van der Waals surface area contributed by atoms with Gasteiger partial charge in [-0.15, -0.1) is 0 Å². The number of nitrogen functional groups attached to an aromatic ring is 1. The molecule has 2 heterocycles. The lowest BCUT2D eigenvalue weighted by Crippen LogP contribution is -2.50. The maximum atomic E-state index is 12.3. The van der Waals surface area contributed by atoms with Gasteiger partial charge >= 0.3 is 12.0 Å². The summed E-state index contributed by atoms with van der Waals surface area (Å²) in [5, 5.41) is 5.91. The largest absolute Gasteiger partial charge is 0.463 e. The molecule has 1 aliphatic heterocycles. The standard InChI is InChI=1S/C15H21N5O3S/c1-4-9-12(13(21)23-5-2)10(19-14(22)18-9)7-24-15-17-8(3)6-11(16)20-15/h6,9H,4-5,7H2,1-3H3,(H2,16,17,20)(H2,18,19,22)/t9-/m0/s1. The van der Waals surface area contributed by atoms with E-state index in [1.165, 1.54) is 11.8 Å². The highest BCUT2D eigenvalue weighted by Gasteiger charge is 2.31. The molecule has 9 heteroatoms. The van der Waals surface area contributed by atoms with Gasteiger partial charge in [-0.05, 0) is 20.3 Å². The highest BCUT2D eigenvalue weighted by molar-refractivity contribution is 7.99. The van der Waals surface area contributed by atoms with Crippen LogP contribution in [0.5, 0.6) is 0 Å². The Morgan fingerprint density at radius 1 is 1.42 bits per heavy atom. The molecule has 1 atom stereocenters. The normalized spacial score (nSPS) is 17.3. The van der Waals surface area contributed by atoms with Gasteiger partial charge in [-0.25, -0.2) is 19.6 Å². The van der Waals surface area contributed by atoms with Crippen LogP contribution in [0.4, 0.5) is 10.6 Å². The lowest BCUT2D eigenvalue weighted by Gasteiger charge is -2.28. The number of amides is 2. The third kappa shape index (κ3) is 4.38. The second-order valence-corrected chi connectivity index (χ2v) is 6.12. The molecule has 0 bridgehead atoms. The second kappa shape index (κ2) is 8.00. The lowest BCUT2D eigenvalue weighted by atomic mass is 10.0. The maximum Gasteiger partial charge on any atom is 0.337 e. The zero-order chi connectivity index (χ0) is 17.7. The van der Waals surface area contributed by atoms with Crippen molar-refractivity contribution in [1.29, 1.82) is 0 Å². The van der Waals surface area contributed by atoms with Gasteiger partial charge in [0, 0.05) is 23.2 Å². The fraction of sp³-hybridized carbons (Fsp3) is 0.467. The summed E-state index contributed by atoms with van der Waals surface area (Å²) < 4.78 is 5.12. The molecule has 8 nitrogen and oxygen atoms in total. The molecular formula is C15H21N5O3S. The average molecular weight is 351 g/mol. The van der Waals surface area contributed by atoms with Crippen LogP contribution in [-0.2, 0) is 9.53 Å². The Hall–Kier alpha value is -2.29. The summed E-state index contributed by atoms with van der Waals surface area (Å²) in [6.07, 6.45) is 0.587. The van der Waals surface area contributed by atoms with Crippen molar-refractivity contribution in [3.05, 3.63) is 23.0 Å². The molecular weight excluding hydrogens is 330 g/mol. The second-order valence-electron chi connectivity index (χ2n) is 5.18. The number of thioether (sulfide) groups is 1. The highest BCUT2D eigenvalue weighted by Crippen LogP contribution is 2.23. The lowest BCUT2D eigenvalue weighted by molar-refractivity contribution is -0.139. The number of ether oxygens (including phenoxy) is 1. The molecule has 1 aromatic rings. The fourth-order valence-electron chi connectivity index (χ4n) is 2.34. The number of aromatic nitrogens is 2. The van der Waals surface area contributed by atoms with Gasteiger partial charge < -0.3 is 21.1 Å². The average Bonchev–Trinajstić information content (AvgIpc) is 2.51. The van der Waals surface area contributed by atoms with E-state index in [9.17, 15) is 9.59 Å². The number of rotatable bonds is 6. The van der Waals surface area contributed by atoms with Gasteiger partial charge in [0.1, 0.15) is 5.82 Å². The maximum absolute atomic E-state index is 12.3. The van der Waals surface area contributed by atoms with E-state index in [-0.39, 0.29) is 18.7 Å².